The molecule has 0 heterocycles. The van der Waals surface area contributed by atoms with E-state index in [0.717, 1.165) is 9.13 Å². The Labute approximate surface area is 132 Å². The van der Waals surface area contributed by atoms with Gasteiger partial charge in [-0.2, -0.15) is 0 Å². The normalized spacial score (nSPS) is 11.7. The van der Waals surface area contributed by atoms with E-state index >= 15 is 0 Å². The van der Waals surface area contributed by atoms with Crippen molar-refractivity contribution in [3.8, 4) is 5.75 Å². The van der Waals surface area contributed by atoms with Crippen LogP contribution in [-0.4, -0.2) is 12.0 Å². The molecule has 104 valence electrons. The van der Waals surface area contributed by atoms with Crippen LogP contribution in [0, 0.1) is 3.57 Å². The number of benzene rings is 2. The molecule has 1 atom stereocenters. The molecule has 2 aromatic rings. The molecule has 0 saturated heterocycles. The highest BCUT2D eigenvalue weighted by atomic mass is 127. The lowest BCUT2D eigenvalue weighted by molar-refractivity contribution is -0.127. The van der Waals surface area contributed by atoms with Gasteiger partial charge in [0.25, 0.3) is 5.91 Å². The van der Waals surface area contributed by atoms with Crippen molar-refractivity contribution in [3.05, 3.63) is 63.7 Å². The molecule has 0 aliphatic carbocycles. The molecule has 3 nitrogen and oxygen atoms in total. The van der Waals surface area contributed by atoms with Crippen LogP contribution in [0.5, 0.6) is 5.75 Å². The monoisotopic (exact) mass is 381 g/mol. The lowest BCUT2D eigenvalue weighted by Crippen LogP contribution is -2.35. The van der Waals surface area contributed by atoms with Gasteiger partial charge in [-0.05, 0) is 53.3 Å². The second kappa shape index (κ2) is 7.28. The van der Waals surface area contributed by atoms with E-state index in [1.54, 1.807) is 6.92 Å². The van der Waals surface area contributed by atoms with Crippen molar-refractivity contribution in [1.29, 1.82) is 0 Å². The van der Waals surface area contributed by atoms with Gasteiger partial charge in [-0.3, -0.25) is 4.79 Å². The van der Waals surface area contributed by atoms with Gasteiger partial charge in [-0.1, -0.05) is 36.4 Å². The summed E-state index contributed by atoms with van der Waals surface area (Å²) in [5.41, 5.74) is 1.07. The van der Waals surface area contributed by atoms with E-state index in [9.17, 15) is 4.79 Å². The summed E-state index contributed by atoms with van der Waals surface area (Å²) in [7, 11) is 0. The van der Waals surface area contributed by atoms with E-state index in [1.165, 1.54) is 0 Å². The van der Waals surface area contributed by atoms with Crippen LogP contribution in [0.4, 0.5) is 0 Å². The highest BCUT2D eigenvalue weighted by Crippen LogP contribution is 2.16. The van der Waals surface area contributed by atoms with Gasteiger partial charge in [0, 0.05) is 10.1 Å². The van der Waals surface area contributed by atoms with Crippen LogP contribution in [0.15, 0.2) is 54.6 Å². The van der Waals surface area contributed by atoms with E-state index in [1.807, 2.05) is 54.6 Å². The standard InChI is InChI=1S/C16H16INO2/c1-12(20-15-9-5-8-14(17)10-15)16(19)18-11-13-6-3-2-4-7-13/h2-10,12H,11H2,1H3,(H,18,19)/t12-/m0/s1. The lowest BCUT2D eigenvalue weighted by atomic mass is 10.2. The highest BCUT2D eigenvalue weighted by Gasteiger charge is 2.14. The lowest BCUT2D eigenvalue weighted by Gasteiger charge is -2.15. The molecule has 4 heteroatoms. The van der Waals surface area contributed by atoms with Gasteiger partial charge in [0.1, 0.15) is 5.75 Å². The van der Waals surface area contributed by atoms with Gasteiger partial charge < -0.3 is 10.1 Å². The summed E-state index contributed by atoms with van der Waals surface area (Å²) in [5.74, 6) is 0.590. The van der Waals surface area contributed by atoms with Crippen LogP contribution < -0.4 is 10.1 Å². The average Bonchev–Trinajstić information content (AvgIpc) is 2.46. The molecule has 20 heavy (non-hydrogen) atoms. The Kier molecular flexibility index (Phi) is 5.40. The highest BCUT2D eigenvalue weighted by molar-refractivity contribution is 14.1. The van der Waals surface area contributed by atoms with Crippen LogP contribution in [0.3, 0.4) is 0 Å². The van der Waals surface area contributed by atoms with Crippen LogP contribution in [0.2, 0.25) is 0 Å². The number of carbonyl (C=O) groups is 1. The first-order valence-corrected chi connectivity index (χ1v) is 7.47. The number of hydrogen-bond acceptors (Lipinski definition) is 2. The first-order chi connectivity index (χ1) is 9.65. The average molecular weight is 381 g/mol. The van der Waals surface area contributed by atoms with Crippen molar-refractivity contribution >= 4 is 28.5 Å². The topological polar surface area (TPSA) is 38.3 Å². The third kappa shape index (κ3) is 4.52. The van der Waals surface area contributed by atoms with Crippen molar-refractivity contribution in [3.63, 3.8) is 0 Å². The summed E-state index contributed by atoms with van der Waals surface area (Å²) in [6.45, 7) is 2.26. The number of ether oxygens (including phenoxy) is 1. The molecule has 2 aromatic carbocycles. The van der Waals surface area contributed by atoms with E-state index < -0.39 is 6.10 Å². The van der Waals surface area contributed by atoms with E-state index in [0.29, 0.717) is 12.3 Å². The zero-order chi connectivity index (χ0) is 14.4. The van der Waals surface area contributed by atoms with Crippen molar-refractivity contribution in [2.75, 3.05) is 0 Å². The summed E-state index contributed by atoms with van der Waals surface area (Å²) < 4.78 is 6.71. The zero-order valence-corrected chi connectivity index (χ0v) is 13.3. The molecular weight excluding hydrogens is 365 g/mol. The van der Waals surface area contributed by atoms with Gasteiger partial charge in [0.15, 0.2) is 6.10 Å². The molecule has 0 bridgehead atoms. The van der Waals surface area contributed by atoms with Gasteiger partial charge in [-0.25, -0.2) is 0 Å². The number of amides is 1. The van der Waals surface area contributed by atoms with Crippen LogP contribution in [0.25, 0.3) is 0 Å². The summed E-state index contributed by atoms with van der Waals surface area (Å²) in [4.78, 5) is 12.0. The molecule has 1 N–H and O–H groups in total. The van der Waals surface area contributed by atoms with Gasteiger partial charge in [0.2, 0.25) is 0 Å². The number of carbonyl (C=O) groups excluding carboxylic acids is 1. The molecule has 0 unspecified atom stereocenters. The first kappa shape index (κ1) is 14.8. The minimum absolute atomic E-state index is 0.118. The van der Waals surface area contributed by atoms with Crippen LogP contribution >= 0.6 is 22.6 Å². The molecule has 0 spiro atoms. The van der Waals surface area contributed by atoms with Crippen molar-refractivity contribution in [1.82, 2.24) is 5.32 Å². The molecule has 1 amide bonds. The number of rotatable bonds is 5. The molecule has 0 aliphatic heterocycles. The van der Waals surface area contributed by atoms with E-state index in [-0.39, 0.29) is 5.91 Å². The Morgan fingerprint density at radius 3 is 2.65 bits per heavy atom. The summed E-state index contributed by atoms with van der Waals surface area (Å²) in [5, 5.41) is 2.87. The third-order valence-electron chi connectivity index (χ3n) is 2.79. The SMILES string of the molecule is C[C@H](Oc1cccc(I)c1)C(=O)NCc1ccccc1. The quantitative estimate of drug-likeness (QED) is 0.807. The predicted octanol–water partition coefficient (Wildman–Crippen LogP) is 3.37. The van der Waals surface area contributed by atoms with Gasteiger partial charge in [0.05, 0.1) is 0 Å². The van der Waals surface area contributed by atoms with E-state index in [2.05, 4.69) is 27.9 Å². The van der Waals surface area contributed by atoms with E-state index in [4.69, 9.17) is 4.74 Å². The fraction of sp³-hybridized carbons (Fsp3) is 0.188. The van der Waals surface area contributed by atoms with Gasteiger partial charge >= 0.3 is 0 Å². The maximum atomic E-state index is 12.0. The Bertz CT molecular complexity index is 572. The number of nitrogens with one attached hydrogen (secondary N) is 1. The van der Waals surface area contributed by atoms with Crippen molar-refractivity contribution in [2.45, 2.75) is 19.6 Å². The molecule has 2 rings (SSSR count). The maximum absolute atomic E-state index is 12.0. The fourth-order valence-electron chi connectivity index (χ4n) is 1.73. The van der Waals surface area contributed by atoms with Crippen LogP contribution in [0.1, 0.15) is 12.5 Å². The summed E-state index contributed by atoms with van der Waals surface area (Å²) in [6.07, 6.45) is -0.517. The fourth-order valence-corrected chi connectivity index (χ4v) is 2.24. The molecule has 0 saturated carbocycles. The van der Waals surface area contributed by atoms with Crippen LogP contribution in [-0.2, 0) is 11.3 Å². The molecule has 0 fully saturated rings. The predicted molar refractivity (Wildman–Crippen MR) is 87.5 cm³/mol. The minimum atomic E-state index is -0.517. The number of hydrogen-bond donors (Lipinski definition) is 1. The van der Waals surface area contributed by atoms with Crippen molar-refractivity contribution in [2.24, 2.45) is 0 Å². The number of halogens is 1. The minimum Gasteiger partial charge on any atom is -0.481 e. The third-order valence-corrected chi connectivity index (χ3v) is 3.46. The Hall–Kier alpha value is -1.56. The largest absolute Gasteiger partial charge is 0.481 e. The van der Waals surface area contributed by atoms with Gasteiger partial charge in [-0.15, -0.1) is 0 Å². The molecular formula is C16H16INO2. The smallest absolute Gasteiger partial charge is 0.261 e. The Morgan fingerprint density at radius 1 is 1.20 bits per heavy atom. The molecule has 0 aliphatic rings. The second-order valence-electron chi connectivity index (χ2n) is 4.42. The molecule has 0 aromatic heterocycles. The first-order valence-electron chi connectivity index (χ1n) is 6.39. The Balaban J connectivity index is 1.86. The second-order valence-corrected chi connectivity index (χ2v) is 5.67. The Morgan fingerprint density at radius 2 is 1.95 bits per heavy atom. The van der Waals surface area contributed by atoms with Crippen molar-refractivity contribution < 1.29 is 9.53 Å². The maximum Gasteiger partial charge on any atom is 0.261 e. The molecule has 0 radical (unpaired) electrons. The zero-order valence-electron chi connectivity index (χ0n) is 11.2. The summed E-state index contributed by atoms with van der Waals surface area (Å²) >= 11 is 2.21. The summed E-state index contributed by atoms with van der Waals surface area (Å²) in [6, 6.07) is 17.5.